The van der Waals surface area contributed by atoms with Crippen molar-refractivity contribution in [2.75, 3.05) is 6.54 Å². The molecule has 1 amide bonds. The van der Waals surface area contributed by atoms with Gasteiger partial charge in [0.1, 0.15) is 5.03 Å². The van der Waals surface area contributed by atoms with Gasteiger partial charge in [-0.2, -0.15) is 0 Å². The van der Waals surface area contributed by atoms with Gasteiger partial charge in [-0.15, -0.1) is 0 Å². The molecule has 0 radical (unpaired) electrons. The second-order valence-electron chi connectivity index (χ2n) is 5.02. The van der Waals surface area contributed by atoms with Crippen LogP contribution in [-0.2, 0) is 4.79 Å². The summed E-state index contributed by atoms with van der Waals surface area (Å²) >= 11 is 15.6. The first-order valence-corrected chi connectivity index (χ1v) is 7.80. The van der Waals surface area contributed by atoms with E-state index in [1.54, 1.807) is 4.90 Å². The second-order valence-corrected chi connectivity index (χ2v) is 6.69. The van der Waals surface area contributed by atoms with E-state index in [2.05, 4.69) is 15.9 Å². The summed E-state index contributed by atoms with van der Waals surface area (Å²) in [6.45, 7) is 4.68. The minimum Gasteiger partial charge on any atom is -0.306 e. The lowest BCUT2D eigenvalue weighted by Crippen LogP contribution is -2.29. The van der Waals surface area contributed by atoms with E-state index in [1.807, 2.05) is 44.2 Å². The first-order valence-electron chi connectivity index (χ1n) is 6.25. The molecule has 0 spiro atoms. The summed E-state index contributed by atoms with van der Waals surface area (Å²) < 4.78 is 1.00. The lowest BCUT2D eigenvalue weighted by molar-refractivity contribution is -0.124. The maximum atomic E-state index is 12.1. The Kier molecular flexibility index (Phi) is 4.95. The van der Waals surface area contributed by atoms with Crippen molar-refractivity contribution in [3.63, 3.8) is 0 Å². The minimum atomic E-state index is -0.228. The maximum absolute atomic E-state index is 12.1. The van der Waals surface area contributed by atoms with Gasteiger partial charge in [0.05, 0.1) is 10.7 Å². The van der Waals surface area contributed by atoms with Crippen LogP contribution in [0.5, 0.6) is 0 Å². The number of allylic oxidation sites excluding steroid dienone is 1. The summed E-state index contributed by atoms with van der Waals surface area (Å²) in [4.78, 5) is 13.7. The molecule has 0 bridgehead atoms. The van der Waals surface area contributed by atoms with E-state index >= 15 is 0 Å². The number of carbonyl (C=O) groups excluding carboxylic acids is 1. The summed E-state index contributed by atoms with van der Waals surface area (Å²) in [6, 6.07) is 7.78. The molecular weight excluding hydrogens is 361 g/mol. The van der Waals surface area contributed by atoms with E-state index in [1.165, 1.54) is 0 Å². The van der Waals surface area contributed by atoms with Crippen LogP contribution in [-0.4, -0.2) is 17.4 Å². The highest BCUT2D eigenvalue weighted by molar-refractivity contribution is 9.10. The molecule has 106 valence electrons. The Hall–Kier alpha value is -0.770. The third-order valence-electron chi connectivity index (χ3n) is 2.86. The van der Waals surface area contributed by atoms with Crippen LogP contribution in [0, 0.1) is 5.92 Å². The molecule has 0 saturated carbocycles. The predicted octanol–water partition coefficient (Wildman–Crippen LogP) is 4.98. The highest BCUT2D eigenvalue weighted by Crippen LogP contribution is 2.36. The summed E-state index contributed by atoms with van der Waals surface area (Å²) in [6.07, 6.45) is 1.88. The zero-order valence-corrected chi connectivity index (χ0v) is 14.3. The fourth-order valence-electron chi connectivity index (χ4n) is 1.96. The standard InChI is InChI=1S/C15H14BrCl2NO/c1-9(2)8-19-12(13(17)14(18)15(19)20)7-10-3-5-11(16)6-4-10/h3-7,9H,8H2,1-2H3/b12-7+. The zero-order chi connectivity index (χ0) is 14.9. The number of benzene rings is 1. The zero-order valence-electron chi connectivity index (χ0n) is 11.2. The van der Waals surface area contributed by atoms with Crippen LogP contribution in [0.2, 0.25) is 0 Å². The third-order valence-corrected chi connectivity index (χ3v) is 4.22. The Morgan fingerprint density at radius 2 is 1.80 bits per heavy atom. The number of hydrogen-bond acceptors (Lipinski definition) is 1. The van der Waals surface area contributed by atoms with Crippen molar-refractivity contribution in [3.05, 3.63) is 50.1 Å². The molecule has 0 fully saturated rings. The molecule has 1 aromatic rings. The first kappa shape index (κ1) is 15.6. The molecule has 1 aliphatic heterocycles. The molecule has 2 rings (SSSR count). The van der Waals surface area contributed by atoms with Crippen LogP contribution < -0.4 is 0 Å². The average molecular weight is 375 g/mol. The van der Waals surface area contributed by atoms with Gasteiger partial charge in [0, 0.05) is 11.0 Å². The quantitative estimate of drug-likeness (QED) is 0.730. The third kappa shape index (κ3) is 3.27. The summed E-state index contributed by atoms with van der Waals surface area (Å²) in [5.41, 5.74) is 1.63. The van der Waals surface area contributed by atoms with E-state index in [4.69, 9.17) is 23.2 Å². The van der Waals surface area contributed by atoms with Crippen molar-refractivity contribution in [2.45, 2.75) is 13.8 Å². The highest BCUT2D eigenvalue weighted by Gasteiger charge is 2.33. The number of carbonyl (C=O) groups is 1. The summed E-state index contributed by atoms with van der Waals surface area (Å²) in [5.74, 6) is 0.105. The molecule has 0 N–H and O–H groups in total. The molecule has 0 atom stereocenters. The van der Waals surface area contributed by atoms with Crippen LogP contribution in [0.1, 0.15) is 19.4 Å². The molecule has 0 saturated heterocycles. The smallest absolute Gasteiger partial charge is 0.271 e. The molecule has 0 aromatic heterocycles. The molecule has 1 heterocycles. The number of hydrogen-bond donors (Lipinski definition) is 0. The Balaban J connectivity index is 2.39. The van der Waals surface area contributed by atoms with Gasteiger partial charge < -0.3 is 4.90 Å². The van der Waals surface area contributed by atoms with Gasteiger partial charge in [0.2, 0.25) is 0 Å². The van der Waals surface area contributed by atoms with Gasteiger partial charge in [-0.05, 0) is 29.7 Å². The van der Waals surface area contributed by atoms with Crippen LogP contribution in [0.15, 0.2) is 44.5 Å². The fraction of sp³-hybridized carbons (Fsp3) is 0.267. The molecule has 2 nitrogen and oxygen atoms in total. The molecular formula is C15H14BrCl2NO. The molecule has 5 heteroatoms. The number of amides is 1. The lowest BCUT2D eigenvalue weighted by Gasteiger charge is -2.21. The summed E-state index contributed by atoms with van der Waals surface area (Å²) in [5, 5.41) is 0.413. The van der Waals surface area contributed by atoms with E-state index in [0.29, 0.717) is 23.2 Å². The molecule has 1 aliphatic rings. The maximum Gasteiger partial charge on any atom is 0.271 e. The fourth-order valence-corrected chi connectivity index (χ4v) is 2.66. The number of halogens is 3. The van der Waals surface area contributed by atoms with E-state index in [0.717, 1.165) is 10.0 Å². The van der Waals surface area contributed by atoms with Crippen LogP contribution in [0.25, 0.3) is 6.08 Å². The van der Waals surface area contributed by atoms with Gasteiger partial charge >= 0.3 is 0 Å². The van der Waals surface area contributed by atoms with Crippen molar-refractivity contribution < 1.29 is 4.79 Å². The monoisotopic (exact) mass is 373 g/mol. The van der Waals surface area contributed by atoms with Gasteiger partial charge in [-0.1, -0.05) is 65.1 Å². The Bertz CT molecular complexity index is 590. The van der Waals surface area contributed by atoms with Crippen molar-refractivity contribution in [1.29, 1.82) is 0 Å². The first-order chi connectivity index (χ1) is 9.40. The highest BCUT2D eigenvalue weighted by atomic mass is 79.9. The topological polar surface area (TPSA) is 20.3 Å². The Morgan fingerprint density at radius 1 is 1.20 bits per heavy atom. The SMILES string of the molecule is CC(C)CN1C(=O)C(Cl)=C(Cl)/C1=C\c1ccc(Br)cc1. The predicted molar refractivity (Wildman–Crippen MR) is 87.4 cm³/mol. The lowest BCUT2D eigenvalue weighted by atomic mass is 10.1. The van der Waals surface area contributed by atoms with E-state index in [-0.39, 0.29) is 10.9 Å². The Morgan fingerprint density at radius 3 is 2.35 bits per heavy atom. The van der Waals surface area contributed by atoms with Crippen molar-refractivity contribution in [1.82, 2.24) is 4.90 Å². The van der Waals surface area contributed by atoms with Crippen LogP contribution in [0.4, 0.5) is 0 Å². The van der Waals surface area contributed by atoms with E-state index in [9.17, 15) is 4.79 Å². The van der Waals surface area contributed by atoms with Gasteiger partial charge in [0.15, 0.2) is 0 Å². The van der Waals surface area contributed by atoms with Crippen molar-refractivity contribution in [3.8, 4) is 0 Å². The van der Waals surface area contributed by atoms with Gasteiger partial charge in [-0.3, -0.25) is 4.79 Å². The van der Waals surface area contributed by atoms with Crippen LogP contribution >= 0.6 is 39.1 Å². The van der Waals surface area contributed by atoms with Gasteiger partial charge in [0.25, 0.3) is 5.91 Å². The average Bonchev–Trinajstić information content (AvgIpc) is 2.59. The molecule has 1 aromatic carbocycles. The van der Waals surface area contributed by atoms with Crippen molar-refractivity contribution >= 4 is 51.1 Å². The van der Waals surface area contributed by atoms with Crippen molar-refractivity contribution in [2.24, 2.45) is 5.92 Å². The van der Waals surface area contributed by atoms with Gasteiger partial charge in [-0.25, -0.2) is 0 Å². The normalized spacial score (nSPS) is 17.8. The minimum absolute atomic E-state index is 0.0932. The second kappa shape index (κ2) is 6.33. The molecule has 0 unspecified atom stereocenters. The largest absolute Gasteiger partial charge is 0.306 e. The number of rotatable bonds is 3. The van der Waals surface area contributed by atoms with Crippen LogP contribution in [0.3, 0.4) is 0 Å². The van der Waals surface area contributed by atoms with E-state index < -0.39 is 0 Å². The molecule has 20 heavy (non-hydrogen) atoms. The summed E-state index contributed by atoms with van der Waals surface area (Å²) in [7, 11) is 0. The molecule has 0 aliphatic carbocycles. The Labute approximate surface area is 137 Å². The number of nitrogens with zero attached hydrogens (tertiary/aromatic N) is 1.